The molecule has 0 bridgehead atoms. The second kappa shape index (κ2) is 16.8. The van der Waals surface area contributed by atoms with Crippen LogP contribution in [0.4, 0.5) is 4.79 Å². The van der Waals surface area contributed by atoms with E-state index in [0.29, 0.717) is 57.9 Å². The highest BCUT2D eigenvalue weighted by atomic mass is 16.6. The molecule has 11 nitrogen and oxygen atoms in total. The summed E-state index contributed by atoms with van der Waals surface area (Å²) in [6.45, 7) is 7.67. The topological polar surface area (TPSA) is 149 Å². The van der Waals surface area contributed by atoms with E-state index in [0.717, 1.165) is 22.3 Å². The number of aliphatic hydroxyl groups is 2. The molecular weight excluding hydrogens is 638 g/mol. The van der Waals surface area contributed by atoms with Crippen molar-refractivity contribution in [2.75, 3.05) is 39.5 Å². The summed E-state index contributed by atoms with van der Waals surface area (Å²) in [5.41, 5.74) is 2.89. The minimum Gasteiger partial charge on any atom is -0.633 e. The molecule has 1 heterocycles. The van der Waals surface area contributed by atoms with Crippen LogP contribution in [0.5, 0.6) is 5.75 Å². The number of nitrogens with zero attached hydrogens (tertiary/aromatic N) is 1. The fraction of sp³-hybridized carbons (Fsp3) is 0.487. The molecule has 50 heavy (non-hydrogen) atoms. The first-order valence-electron chi connectivity index (χ1n) is 17.5. The Kier molecular flexibility index (Phi) is 12.5. The Morgan fingerprint density at radius 3 is 2.32 bits per heavy atom. The molecule has 0 radical (unpaired) electrons. The van der Waals surface area contributed by atoms with Gasteiger partial charge in [0, 0.05) is 12.3 Å². The number of carbonyl (C=O) groups is 2. The van der Waals surface area contributed by atoms with Crippen molar-refractivity contribution >= 4 is 12.0 Å². The first-order chi connectivity index (χ1) is 23.9. The van der Waals surface area contributed by atoms with Crippen molar-refractivity contribution in [3.8, 4) is 5.75 Å². The summed E-state index contributed by atoms with van der Waals surface area (Å²) in [7, 11) is 0. The summed E-state index contributed by atoms with van der Waals surface area (Å²) in [4.78, 5) is 26.9. The van der Waals surface area contributed by atoms with Crippen LogP contribution in [0.3, 0.4) is 0 Å². The van der Waals surface area contributed by atoms with Crippen molar-refractivity contribution in [2.45, 2.75) is 76.3 Å². The highest BCUT2D eigenvalue weighted by Crippen LogP contribution is 2.32. The zero-order chi connectivity index (χ0) is 35.7. The van der Waals surface area contributed by atoms with E-state index in [9.17, 15) is 25.0 Å². The zero-order valence-electron chi connectivity index (χ0n) is 29.3. The Morgan fingerprint density at radius 2 is 1.62 bits per heavy atom. The predicted octanol–water partition coefficient (Wildman–Crippen LogP) is 4.23. The molecule has 2 aliphatic rings. The first kappa shape index (κ1) is 37.3. The lowest BCUT2D eigenvalue weighted by Gasteiger charge is -2.44. The Morgan fingerprint density at radius 1 is 0.960 bits per heavy atom. The minimum absolute atomic E-state index is 0.0368. The van der Waals surface area contributed by atoms with Gasteiger partial charge in [0.05, 0.1) is 37.5 Å². The Balaban J connectivity index is 1.31. The molecule has 1 aliphatic carbocycles. The molecule has 0 spiro atoms. The largest absolute Gasteiger partial charge is 0.633 e. The van der Waals surface area contributed by atoms with Gasteiger partial charge in [-0.05, 0) is 74.4 Å². The monoisotopic (exact) mass is 689 g/mol. The van der Waals surface area contributed by atoms with Gasteiger partial charge in [-0.2, -0.15) is 0 Å². The number of hydroxylamine groups is 3. The molecule has 2 amide bonds. The van der Waals surface area contributed by atoms with Crippen LogP contribution in [-0.2, 0) is 33.5 Å². The maximum absolute atomic E-state index is 14.1. The van der Waals surface area contributed by atoms with Crippen LogP contribution in [-0.4, -0.2) is 90.2 Å². The van der Waals surface area contributed by atoms with E-state index in [1.54, 1.807) is 20.8 Å². The van der Waals surface area contributed by atoms with Gasteiger partial charge in [-0.15, -0.1) is 0 Å². The molecule has 1 saturated heterocycles. The van der Waals surface area contributed by atoms with Gasteiger partial charge in [-0.3, -0.25) is 4.79 Å². The number of carbonyl (C=O) groups excluding carboxylic acids is 2. The van der Waals surface area contributed by atoms with Crippen molar-refractivity contribution in [3.05, 3.63) is 106 Å². The second-order valence-corrected chi connectivity index (χ2v) is 14.4. The number of hydrogen-bond donors (Lipinski definition) is 4. The number of hydrogen-bond acceptors (Lipinski definition) is 8. The molecule has 270 valence electrons. The number of alkyl carbamates (subject to hydrolysis) is 1. The van der Waals surface area contributed by atoms with Gasteiger partial charge in [0.15, 0.2) is 0 Å². The van der Waals surface area contributed by atoms with Gasteiger partial charge in [-0.25, -0.2) is 4.79 Å². The molecule has 1 unspecified atom stereocenters. The summed E-state index contributed by atoms with van der Waals surface area (Å²) >= 11 is 0. The Labute approximate surface area is 294 Å². The van der Waals surface area contributed by atoms with Crippen molar-refractivity contribution in [2.24, 2.45) is 5.92 Å². The highest BCUT2D eigenvalue weighted by Gasteiger charge is 2.35. The standard InChI is InChI=1S/C39H51N3O8/c1-39(2,3)50-38(46)40-33(24-27-9-5-4-6-10-27)34(43)26-30(37(45)41-36-32-12-8-7-11-29(32)25-35(36)44)23-28-13-15-31(16-14-28)49-22-19-42(47)17-20-48-21-18-42/h4-16,30,33-36,43-44H,17-26H2,1-3H3,(H,40,46)(H,41,45)/t30-,33+,34+,35-,36?/m1/s1. The summed E-state index contributed by atoms with van der Waals surface area (Å²) in [6.07, 6.45) is -1.44. The number of aliphatic hydroxyl groups excluding tert-OH is 2. The first-order valence-corrected chi connectivity index (χ1v) is 17.5. The number of morpholine rings is 1. The lowest BCUT2D eigenvalue weighted by molar-refractivity contribution is -0.888. The third kappa shape index (κ3) is 10.7. The van der Waals surface area contributed by atoms with Crippen LogP contribution in [0.15, 0.2) is 78.9 Å². The molecule has 0 aromatic heterocycles. The van der Waals surface area contributed by atoms with E-state index in [1.165, 1.54) is 0 Å². The van der Waals surface area contributed by atoms with E-state index in [1.807, 2.05) is 78.9 Å². The molecule has 5 rings (SSSR count). The number of amides is 2. The Bertz CT molecular complexity index is 1540. The van der Waals surface area contributed by atoms with Crippen LogP contribution in [0.2, 0.25) is 0 Å². The predicted molar refractivity (Wildman–Crippen MR) is 189 cm³/mol. The summed E-state index contributed by atoms with van der Waals surface area (Å²) in [5.74, 6) is -0.401. The average molecular weight is 690 g/mol. The number of nitrogens with one attached hydrogen (secondary N) is 2. The van der Waals surface area contributed by atoms with E-state index in [-0.39, 0.29) is 23.6 Å². The summed E-state index contributed by atoms with van der Waals surface area (Å²) < 4.78 is 16.4. The van der Waals surface area contributed by atoms with Crippen LogP contribution < -0.4 is 15.4 Å². The van der Waals surface area contributed by atoms with Crippen molar-refractivity contribution < 1.29 is 38.7 Å². The molecule has 5 atom stereocenters. The van der Waals surface area contributed by atoms with Crippen LogP contribution >= 0.6 is 0 Å². The zero-order valence-corrected chi connectivity index (χ0v) is 29.3. The highest BCUT2D eigenvalue weighted by molar-refractivity contribution is 5.80. The lowest BCUT2D eigenvalue weighted by atomic mass is 9.88. The van der Waals surface area contributed by atoms with Crippen LogP contribution in [0.1, 0.15) is 55.5 Å². The van der Waals surface area contributed by atoms with E-state index in [4.69, 9.17) is 14.2 Å². The normalized spacial score (nSPS) is 20.2. The number of ether oxygens (including phenoxy) is 3. The number of fused-ring (bicyclic) bond motifs is 1. The SMILES string of the molecule is CC(C)(C)OC(=O)N[C@@H](Cc1ccccc1)[C@@H](O)C[C@@H](Cc1ccc(OCC[N+]2([O-])CCOCC2)cc1)C(=O)NC1c2ccccc2C[C@H]1O. The second-order valence-electron chi connectivity index (χ2n) is 14.4. The van der Waals surface area contributed by atoms with Crippen molar-refractivity contribution in [1.29, 1.82) is 0 Å². The molecule has 1 aliphatic heterocycles. The van der Waals surface area contributed by atoms with Gasteiger partial charge in [0.25, 0.3) is 0 Å². The van der Waals surface area contributed by atoms with Crippen molar-refractivity contribution in [3.63, 3.8) is 0 Å². The molecule has 3 aromatic carbocycles. The fourth-order valence-electron chi connectivity index (χ4n) is 6.60. The van der Waals surface area contributed by atoms with Crippen LogP contribution in [0, 0.1) is 11.1 Å². The van der Waals surface area contributed by atoms with E-state index < -0.39 is 41.9 Å². The summed E-state index contributed by atoms with van der Waals surface area (Å²) in [6, 6.07) is 23.2. The van der Waals surface area contributed by atoms with Gasteiger partial charge < -0.3 is 44.9 Å². The minimum atomic E-state index is -1.11. The van der Waals surface area contributed by atoms with E-state index in [2.05, 4.69) is 10.6 Å². The van der Waals surface area contributed by atoms with Gasteiger partial charge in [-0.1, -0.05) is 66.7 Å². The average Bonchev–Trinajstić information content (AvgIpc) is 3.39. The molecule has 3 aromatic rings. The number of quaternary nitrogens is 1. The Hall–Kier alpha value is -4.00. The maximum atomic E-state index is 14.1. The van der Waals surface area contributed by atoms with Gasteiger partial charge in [0.1, 0.15) is 37.6 Å². The maximum Gasteiger partial charge on any atom is 0.407 e. The fourth-order valence-corrected chi connectivity index (χ4v) is 6.60. The lowest BCUT2D eigenvalue weighted by Crippen LogP contribution is -2.52. The molecular formula is C39H51N3O8. The smallest absolute Gasteiger partial charge is 0.407 e. The third-order valence-electron chi connectivity index (χ3n) is 9.32. The number of rotatable bonds is 14. The molecule has 0 saturated carbocycles. The molecule has 4 N–H and O–H groups in total. The van der Waals surface area contributed by atoms with E-state index >= 15 is 0 Å². The quantitative estimate of drug-likeness (QED) is 0.145. The molecule has 1 fully saturated rings. The van der Waals surface area contributed by atoms with Gasteiger partial charge >= 0.3 is 6.09 Å². The number of benzene rings is 3. The van der Waals surface area contributed by atoms with Crippen molar-refractivity contribution in [1.82, 2.24) is 10.6 Å². The van der Waals surface area contributed by atoms with Gasteiger partial charge in [0.2, 0.25) is 5.91 Å². The van der Waals surface area contributed by atoms with Crippen LogP contribution in [0.25, 0.3) is 0 Å². The third-order valence-corrected chi connectivity index (χ3v) is 9.32. The molecule has 11 heteroatoms. The summed E-state index contributed by atoms with van der Waals surface area (Å²) in [5, 5.41) is 41.3.